The SMILES string of the molecule is CC1(C)N=C(c2ccccc2)N(c2ccc(-c3c4ccccc4c(-c4ccc(N5C(c6ccccc6)=NC(C)(C)C5(C)C)cc4)c4cc(-c5ccccc5)ccc34)cc2)C1(C)C. The van der Waals surface area contributed by atoms with Crippen molar-refractivity contribution in [1.82, 2.24) is 0 Å². The number of benzene rings is 8. The number of hydrogen-bond donors (Lipinski definition) is 0. The molecule has 0 aromatic heterocycles. The smallest absolute Gasteiger partial charge is 0.136 e. The van der Waals surface area contributed by atoms with Crippen molar-refractivity contribution in [2.75, 3.05) is 9.80 Å². The third-order valence-corrected chi connectivity index (χ3v) is 14.3. The highest BCUT2D eigenvalue weighted by atomic mass is 15.3. The lowest BCUT2D eigenvalue weighted by atomic mass is 9.82. The Morgan fingerprint density at radius 1 is 0.306 bits per heavy atom. The predicted molar refractivity (Wildman–Crippen MR) is 265 cm³/mol. The molecule has 0 fully saturated rings. The van der Waals surface area contributed by atoms with Crippen LogP contribution in [0.5, 0.6) is 0 Å². The molecule has 4 heteroatoms. The Hall–Kier alpha value is -6.78. The minimum Gasteiger partial charge on any atom is -0.318 e. The molecule has 2 heterocycles. The Bertz CT molecular complexity index is 3030. The van der Waals surface area contributed by atoms with Crippen molar-refractivity contribution < 1.29 is 0 Å². The van der Waals surface area contributed by atoms with Gasteiger partial charge in [-0.15, -0.1) is 0 Å². The topological polar surface area (TPSA) is 31.2 Å². The number of fused-ring (bicyclic) bond motifs is 2. The maximum Gasteiger partial charge on any atom is 0.136 e. The summed E-state index contributed by atoms with van der Waals surface area (Å²) in [6.45, 7) is 18.2. The molecule has 62 heavy (non-hydrogen) atoms. The van der Waals surface area contributed by atoms with Gasteiger partial charge in [0.15, 0.2) is 0 Å². The first-order valence-corrected chi connectivity index (χ1v) is 21.9. The first-order valence-electron chi connectivity index (χ1n) is 21.9. The van der Waals surface area contributed by atoms with Crippen LogP contribution in [0.15, 0.2) is 192 Å². The quantitative estimate of drug-likeness (QED) is 0.150. The molecule has 2 aliphatic rings. The fourth-order valence-corrected chi connectivity index (χ4v) is 9.60. The molecular formula is C58H54N4. The average Bonchev–Trinajstić information content (AvgIpc) is 3.61. The molecule has 0 unspecified atom stereocenters. The molecule has 0 bridgehead atoms. The number of nitrogens with zero attached hydrogens (tertiary/aromatic N) is 4. The average molecular weight is 807 g/mol. The Morgan fingerprint density at radius 2 is 0.645 bits per heavy atom. The second-order valence-electron chi connectivity index (χ2n) is 19.0. The largest absolute Gasteiger partial charge is 0.318 e. The highest BCUT2D eigenvalue weighted by Crippen LogP contribution is 2.48. The van der Waals surface area contributed by atoms with Gasteiger partial charge in [0.1, 0.15) is 11.7 Å². The van der Waals surface area contributed by atoms with Crippen molar-refractivity contribution in [2.24, 2.45) is 9.98 Å². The molecule has 0 atom stereocenters. The molecular weight excluding hydrogens is 753 g/mol. The number of hydrogen-bond acceptors (Lipinski definition) is 4. The minimum atomic E-state index is -0.288. The first kappa shape index (κ1) is 39.4. The lowest BCUT2D eigenvalue weighted by Crippen LogP contribution is -2.53. The van der Waals surface area contributed by atoms with Crippen LogP contribution in [0.4, 0.5) is 11.4 Å². The van der Waals surface area contributed by atoms with Crippen LogP contribution in [0, 0.1) is 0 Å². The van der Waals surface area contributed by atoms with Crippen molar-refractivity contribution in [3.8, 4) is 33.4 Å². The van der Waals surface area contributed by atoms with Gasteiger partial charge >= 0.3 is 0 Å². The number of rotatable bonds is 7. The molecule has 0 saturated heterocycles. The van der Waals surface area contributed by atoms with Gasteiger partial charge in [-0.1, -0.05) is 152 Å². The van der Waals surface area contributed by atoms with Gasteiger partial charge < -0.3 is 9.80 Å². The fourth-order valence-electron chi connectivity index (χ4n) is 9.60. The van der Waals surface area contributed by atoms with Gasteiger partial charge in [-0.25, -0.2) is 0 Å². The molecule has 0 amide bonds. The molecule has 0 saturated carbocycles. The molecule has 0 aliphatic carbocycles. The Balaban J connectivity index is 1.13. The van der Waals surface area contributed by atoms with Crippen LogP contribution in [0.3, 0.4) is 0 Å². The molecule has 0 N–H and O–H groups in total. The molecule has 4 nitrogen and oxygen atoms in total. The molecule has 8 aromatic rings. The van der Waals surface area contributed by atoms with Crippen molar-refractivity contribution >= 4 is 44.6 Å². The second kappa shape index (κ2) is 14.4. The summed E-state index contributed by atoms with van der Waals surface area (Å²) in [6, 6.07) is 66.3. The van der Waals surface area contributed by atoms with E-state index in [0.717, 1.165) is 34.2 Å². The third kappa shape index (κ3) is 6.18. The van der Waals surface area contributed by atoms with Gasteiger partial charge in [0.2, 0.25) is 0 Å². The van der Waals surface area contributed by atoms with Crippen LogP contribution in [-0.4, -0.2) is 33.8 Å². The summed E-state index contributed by atoms with van der Waals surface area (Å²) in [7, 11) is 0. The zero-order valence-electron chi connectivity index (χ0n) is 37.1. The minimum absolute atomic E-state index is 0.249. The molecule has 2 aliphatic heterocycles. The lowest BCUT2D eigenvalue weighted by molar-refractivity contribution is 0.338. The van der Waals surface area contributed by atoms with Gasteiger partial charge in [-0.3, -0.25) is 9.98 Å². The Kier molecular flexibility index (Phi) is 9.15. The summed E-state index contributed by atoms with van der Waals surface area (Å²) >= 11 is 0. The molecule has 0 radical (unpaired) electrons. The first-order chi connectivity index (χ1) is 29.8. The van der Waals surface area contributed by atoms with E-state index in [4.69, 9.17) is 9.98 Å². The van der Waals surface area contributed by atoms with Crippen LogP contribution in [-0.2, 0) is 0 Å². The standard InChI is InChI=1S/C58H54N4/c1-55(2)57(5,6)61(53(59-55)42-22-14-10-15-23-42)45-33-28-40(29-34-45)51-47-26-18-19-27-48(47)52(50-38-44(32-37-49(50)51)39-20-12-9-13-21-39)41-30-35-46(36-31-41)62-54(43-24-16-11-17-25-43)60-56(3,4)58(62,7)8/h9-38H,1-8H3. The van der Waals surface area contributed by atoms with E-state index in [1.165, 1.54) is 54.9 Å². The number of aliphatic imine (C=N–C) groups is 2. The monoisotopic (exact) mass is 806 g/mol. The van der Waals surface area contributed by atoms with Crippen molar-refractivity contribution in [1.29, 1.82) is 0 Å². The summed E-state index contributed by atoms with van der Waals surface area (Å²) in [5, 5.41) is 4.92. The Labute approximate surface area is 366 Å². The van der Waals surface area contributed by atoms with Crippen LogP contribution < -0.4 is 9.80 Å². The normalized spacial score (nSPS) is 17.4. The van der Waals surface area contributed by atoms with Crippen molar-refractivity contribution in [2.45, 2.75) is 77.5 Å². The van der Waals surface area contributed by atoms with Crippen LogP contribution in [0.1, 0.15) is 66.5 Å². The number of anilines is 2. The van der Waals surface area contributed by atoms with E-state index < -0.39 is 0 Å². The van der Waals surface area contributed by atoms with Crippen LogP contribution in [0.2, 0.25) is 0 Å². The maximum absolute atomic E-state index is 5.33. The van der Waals surface area contributed by atoms with Crippen LogP contribution in [0.25, 0.3) is 54.9 Å². The summed E-state index contributed by atoms with van der Waals surface area (Å²) in [5.41, 5.74) is 10.7. The van der Waals surface area contributed by atoms with E-state index >= 15 is 0 Å². The highest BCUT2D eigenvalue weighted by Gasteiger charge is 2.51. The second-order valence-corrected chi connectivity index (χ2v) is 19.0. The predicted octanol–water partition coefficient (Wildman–Crippen LogP) is 14.6. The van der Waals surface area contributed by atoms with Crippen molar-refractivity contribution in [3.05, 3.63) is 193 Å². The van der Waals surface area contributed by atoms with E-state index in [1.54, 1.807) is 0 Å². The van der Waals surface area contributed by atoms with Gasteiger partial charge in [-0.2, -0.15) is 0 Å². The summed E-state index contributed by atoms with van der Waals surface area (Å²) < 4.78 is 0. The van der Waals surface area contributed by atoms with E-state index in [-0.39, 0.29) is 22.2 Å². The molecule has 8 aromatic carbocycles. The zero-order chi connectivity index (χ0) is 43.0. The molecule has 0 spiro atoms. The van der Waals surface area contributed by atoms with Gasteiger partial charge in [0.25, 0.3) is 0 Å². The number of amidine groups is 2. The van der Waals surface area contributed by atoms with E-state index in [0.29, 0.717) is 0 Å². The fraction of sp³-hybridized carbons (Fsp3) is 0.207. The van der Waals surface area contributed by atoms with Crippen molar-refractivity contribution in [3.63, 3.8) is 0 Å². The highest BCUT2D eigenvalue weighted by molar-refractivity contribution is 6.22. The van der Waals surface area contributed by atoms with Gasteiger partial charge in [0.05, 0.1) is 22.2 Å². The lowest BCUT2D eigenvalue weighted by Gasteiger charge is -2.41. The third-order valence-electron chi connectivity index (χ3n) is 14.3. The molecule has 306 valence electrons. The zero-order valence-corrected chi connectivity index (χ0v) is 37.1. The summed E-state index contributed by atoms with van der Waals surface area (Å²) in [5.74, 6) is 2.02. The van der Waals surface area contributed by atoms with Gasteiger partial charge in [0, 0.05) is 22.5 Å². The summed E-state index contributed by atoms with van der Waals surface area (Å²) in [4.78, 5) is 15.5. The maximum atomic E-state index is 5.33. The van der Waals surface area contributed by atoms with Crippen LogP contribution >= 0.6 is 0 Å². The van der Waals surface area contributed by atoms with E-state index in [2.05, 4.69) is 247 Å². The Morgan fingerprint density at radius 3 is 1.06 bits per heavy atom. The van der Waals surface area contributed by atoms with E-state index in [9.17, 15) is 0 Å². The van der Waals surface area contributed by atoms with E-state index in [1.807, 2.05) is 0 Å². The molecule has 10 rings (SSSR count). The van der Waals surface area contributed by atoms with Gasteiger partial charge in [-0.05, 0) is 141 Å². The summed E-state index contributed by atoms with van der Waals surface area (Å²) in [6.07, 6.45) is 0.